The Morgan fingerprint density at radius 3 is 2.39 bits per heavy atom. The molecule has 1 atom stereocenters. The monoisotopic (exact) mass is 240 g/mol. The highest BCUT2D eigenvalue weighted by Crippen LogP contribution is 2.24. The third kappa shape index (κ3) is 2.76. The van der Waals surface area contributed by atoms with Crippen LogP contribution in [0, 0.1) is 13.8 Å². The van der Waals surface area contributed by atoms with Gasteiger partial charge in [0.1, 0.15) is 0 Å². The average Bonchev–Trinajstić information content (AvgIpc) is 2.37. The van der Waals surface area contributed by atoms with Crippen LogP contribution in [0.2, 0.25) is 0 Å². The molecule has 0 radical (unpaired) electrons. The Morgan fingerprint density at radius 2 is 1.72 bits per heavy atom. The smallest absolute Gasteiger partial charge is 0.0892 e. The minimum atomic E-state index is 0.565. The van der Waals surface area contributed by atoms with E-state index in [1.165, 1.54) is 5.56 Å². The van der Waals surface area contributed by atoms with Gasteiger partial charge < -0.3 is 0 Å². The Hall–Kier alpha value is -1.70. The molecule has 2 heterocycles. The maximum atomic E-state index is 4.60. The molecule has 0 aromatic carbocycles. The zero-order valence-corrected chi connectivity index (χ0v) is 11.6. The lowest BCUT2D eigenvalue weighted by atomic mass is 9.97. The summed E-state index contributed by atoms with van der Waals surface area (Å²) in [6.07, 6.45) is 1.14. The van der Waals surface area contributed by atoms with Crippen LogP contribution in [0.4, 0.5) is 0 Å². The minimum Gasteiger partial charge on any atom is -0.251 e. The van der Waals surface area contributed by atoms with E-state index in [4.69, 9.17) is 0 Å². The summed E-state index contributed by atoms with van der Waals surface area (Å²) in [7, 11) is 0. The van der Waals surface area contributed by atoms with Gasteiger partial charge in [-0.1, -0.05) is 19.9 Å². The first-order chi connectivity index (χ1) is 8.60. The Morgan fingerprint density at radius 1 is 1.00 bits per heavy atom. The van der Waals surface area contributed by atoms with E-state index in [2.05, 4.69) is 35.9 Å². The fraction of sp³-hybridized carbons (Fsp3) is 0.375. The summed E-state index contributed by atoms with van der Waals surface area (Å²) in [5.74, 6) is 0.565. The summed E-state index contributed by atoms with van der Waals surface area (Å²) in [5.41, 5.74) is 5.38. The molecule has 0 amide bonds. The minimum absolute atomic E-state index is 0.565. The maximum absolute atomic E-state index is 4.60. The van der Waals surface area contributed by atoms with Gasteiger partial charge in [0.15, 0.2) is 0 Å². The highest BCUT2D eigenvalue weighted by molar-refractivity contribution is 5.56. The maximum Gasteiger partial charge on any atom is 0.0892 e. The summed E-state index contributed by atoms with van der Waals surface area (Å²) in [4.78, 5) is 9.15. The SMILES string of the molecule is CCC(C)c1cc(C)nc(-c2cccc(C)n2)c1. The molecule has 0 fully saturated rings. The molecule has 0 aliphatic heterocycles. The van der Waals surface area contributed by atoms with Crippen LogP contribution in [0.25, 0.3) is 11.4 Å². The molecule has 1 unspecified atom stereocenters. The van der Waals surface area contributed by atoms with Gasteiger partial charge in [0.25, 0.3) is 0 Å². The van der Waals surface area contributed by atoms with Crippen LogP contribution >= 0.6 is 0 Å². The molecule has 0 spiro atoms. The predicted molar refractivity (Wildman–Crippen MR) is 75.6 cm³/mol. The Balaban J connectivity index is 2.48. The summed E-state index contributed by atoms with van der Waals surface area (Å²) in [6.45, 7) is 8.52. The lowest BCUT2D eigenvalue weighted by molar-refractivity contribution is 0.731. The van der Waals surface area contributed by atoms with Gasteiger partial charge in [-0.2, -0.15) is 0 Å². The fourth-order valence-electron chi connectivity index (χ4n) is 2.03. The molecule has 18 heavy (non-hydrogen) atoms. The molecule has 0 saturated heterocycles. The van der Waals surface area contributed by atoms with Crippen molar-refractivity contribution in [2.75, 3.05) is 0 Å². The molecule has 0 N–H and O–H groups in total. The first-order valence-electron chi connectivity index (χ1n) is 6.52. The highest BCUT2D eigenvalue weighted by Gasteiger charge is 2.08. The van der Waals surface area contributed by atoms with Gasteiger partial charge in [0.2, 0.25) is 0 Å². The van der Waals surface area contributed by atoms with E-state index in [0.717, 1.165) is 29.2 Å². The van der Waals surface area contributed by atoms with Crippen LogP contribution in [0.5, 0.6) is 0 Å². The van der Waals surface area contributed by atoms with Gasteiger partial charge in [-0.3, -0.25) is 9.97 Å². The molecule has 2 heteroatoms. The quantitative estimate of drug-likeness (QED) is 0.800. The van der Waals surface area contributed by atoms with E-state index >= 15 is 0 Å². The van der Waals surface area contributed by atoms with Crippen molar-refractivity contribution < 1.29 is 0 Å². The van der Waals surface area contributed by atoms with Gasteiger partial charge in [-0.15, -0.1) is 0 Å². The molecule has 0 aliphatic rings. The van der Waals surface area contributed by atoms with E-state index in [1.54, 1.807) is 0 Å². The number of pyridine rings is 2. The summed E-state index contributed by atoms with van der Waals surface area (Å²) in [5, 5.41) is 0. The average molecular weight is 240 g/mol. The molecule has 2 aromatic heterocycles. The molecule has 2 nitrogen and oxygen atoms in total. The van der Waals surface area contributed by atoms with Crippen molar-refractivity contribution in [3.05, 3.63) is 47.3 Å². The van der Waals surface area contributed by atoms with E-state index in [-0.39, 0.29) is 0 Å². The second-order valence-electron chi connectivity index (χ2n) is 4.90. The normalized spacial score (nSPS) is 12.4. The molecule has 94 valence electrons. The predicted octanol–water partition coefficient (Wildman–Crippen LogP) is 4.27. The molecule has 2 aromatic rings. The lowest BCUT2D eigenvalue weighted by Crippen LogP contribution is -1.97. The number of aryl methyl sites for hydroxylation is 2. The zero-order valence-electron chi connectivity index (χ0n) is 11.6. The van der Waals surface area contributed by atoms with Crippen LogP contribution < -0.4 is 0 Å². The van der Waals surface area contributed by atoms with Gasteiger partial charge in [0.05, 0.1) is 11.4 Å². The van der Waals surface area contributed by atoms with Crippen LogP contribution in [-0.4, -0.2) is 9.97 Å². The van der Waals surface area contributed by atoms with Crippen LogP contribution in [0.1, 0.15) is 43.1 Å². The third-order valence-corrected chi connectivity index (χ3v) is 3.31. The van der Waals surface area contributed by atoms with Crippen LogP contribution in [-0.2, 0) is 0 Å². The van der Waals surface area contributed by atoms with Crippen molar-refractivity contribution in [2.24, 2.45) is 0 Å². The Labute approximate surface area is 109 Å². The second kappa shape index (κ2) is 5.30. The van der Waals surface area contributed by atoms with Crippen molar-refractivity contribution in [3.63, 3.8) is 0 Å². The first kappa shape index (κ1) is 12.7. The molecule has 0 saturated carbocycles. The zero-order chi connectivity index (χ0) is 13.1. The van der Waals surface area contributed by atoms with Crippen LogP contribution in [0.15, 0.2) is 30.3 Å². The van der Waals surface area contributed by atoms with Crippen molar-refractivity contribution in [3.8, 4) is 11.4 Å². The van der Waals surface area contributed by atoms with Gasteiger partial charge in [-0.25, -0.2) is 0 Å². The highest BCUT2D eigenvalue weighted by atomic mass is 14.8. The van der Waals surface area contributed by atoms with Crippen molar-refractivity contribution in [2.45, 2.75) is 40.0 Å². The first-order valence-corrected chi connectivity index (χ1v) is 6.52. The molecule has 2 rings (SSSR count). The van der Waals surface area contributed by atoms with E-state index < -0.39 is 0 Å². The van der Waals surface area contributed by atoms with Gasteiger partial charge in [-0.05, 0) is 56.0 Å². The number of rotatable bonds is 3. The lowest BCUT2D eigenvalue weighted by Gasteiger charge is -2.12. The summed E-state index contributed by atoms with van der Waals surface area (Å²) >= 11 is 0. The van der Waals surface area contributed by atoms with Crippen LogP contribution in [0.3, 0.4) is 0 Å². The summed E-state index contributed by atoms with van der Waals surface area (Å²) in [6, 6.07) is 10.4. The topological polar surface area (TPSA) is 25.8 Å². The molecular weight excluding hydrogens is 220 g/mol. The van der Waals surface area contributed by atoms with Gasteiger partial charge >= 0.3 is 0 Å². The largest absolute Gasteiger partial charge is 0.251 e. The number of aromatic nitrogens is 2. The summed E-state index contributed by atoms with van der Waals surface area (Å²) < 4.78 is 0. The van der Waals surface area contributed by atoms with E-state index in [1.807, 2.05) is 32.0 Å². The molecule has 0 bridgehead atoms. The van der Waals surface area contributed by atoms with E-state index in [9.17, 15) is 0 Å². The van der Waals surface area contributed by atoms with Crippen molar-refractivity contribution in [1.29, 1.82) is 0 Å². The Bertz CT molecular complexity index is 547. The second-order valence-corrected chi connectivity index (χ2v) is 4.90. The van der Waals surface area contributed by atoms with Crippen molar-refractivity contribution in [1.82, 2.24) is 9.97 Å². The third-order valence-electron chi connectivity index (χ3n) is 3.31. The van der Waals surface area contributed by atoms with Gasteiger partial charge in [0, 0.05) is 11.4 Å². The van der Waals surface area contributed by atoms with E-state index in [0.29, 0.717) is 5.92 Å². The fourth-order valence-corrected chi connectivity index (χ4v) is 2.03. The Kier molecular flexibility index (Phi) is 3.75. The molecule has 0 aliphatic carbocycles. The number of hydrogen-bond donors (Lipinski definition) is 0. The number of hydrogen-bond acceptors (Lipinski definition) is 2. The standard InChI is InChI=1S/C16H20N2/c1-5-11(2)14-9-13(4)18-16(10-14)15-8-6-7-12(3)17-15/h6-11H,5H2,1-4H3. The number of nitrogens with zero attached hydrogens (tertiary/aromatic N) is 2. The molecular formula is C16H20N2. The van der Waals surface area contributed by atoms with Crippen molar-refractivity contribution >= 4 is 0 Å².